The average molecular weight is 156 g/mol. The summed E-state index contributed by atoms with van der Waals surface area (Å²) < 4.78 is 0. The SMILES string of the molecule is C=CN=C.CC.CC(C)=CN. The van der Waals surface area contributed by atoms with Gasteiger partial charge >= 0.3 is 0 Å². The van der Waals surface area contributed by atoms with Gasteiger partial charge in [-0.15, -0.1) is 0 Å². The summed E-state index contributed by atoms with van der Waals surface area (Å²) in [5.74, 6) is 0. The van der Waals surface area contributed by atoms with E-state index in [2.05, 4.69) is 18.3 Å². The van der Waals surface area contributed by atoms with E-state index in [1.165, 1.54) is 6.20 Å². The predicted molar refractivity (Wildman–Crippen MR) is 54.7 cm³/mol. The molecule has 0 aromatic rings. The van der Waals surface area contributed by atoms with Gasteiger partial charge < -0.3 is 5.73 Å². The molecule has 0 unspecified atom stereocenters. The minimum absolute atomic E-state index is 1.16. The van der Waals surface area contributed by atoms with Crippen LogP contribution in [0.5, 0.6) is 0 Å². The number of nitrogens with two attached hydrogens (primary N) is 1. The first-order chi connectivity index (χ1) is 5.18. The van der Waals surface area contributed by atoms with Gasteiger partial charge in [-0.1, -0.05) is 26.0 Å². The molecule has 0 saturated carbocycles. The normalized spacial score (nSPS) is 5.45. The molecule has 2 nitrogen and oxygen atoms in total. The van der Waals surface area contributed by atoms with E-state index in [9.17, 15) is 0 Å². The van der Waals surface area contributed by atoms with Crippen molar-refractivity contribution in [2.45, 2.75) is 27.7 Å². The molecule has 0 spiro atoms. The Hall–Kier alpha value is -1.05. The standard InChI is InChI=1S/C4H9N.C3H5N.C2H6/c1-4(2)3-5;1-3-4-2;1-2/h3H,5H2,1-2H3;3H,1-2H2;1-2H3. The summed E-state index contributed by atoms with van der Waals surface area (Å²) in [7, 11) is 0. The Morgan fingerprint density at radius 1 is 1.36 bits per heavy atom. The Morgan fingerprint density at radius 3 is 1.55 bits per heavy atom. The van der Waals surface area contributed by atoms with Crippen molar-refractivity contribution in [3.63, 3.8) is 0 Å². The van der Waals surface area contributed by atoms with Crippen LogP contribution in [-0.2, 0) is 0 Å². The van der Waals surface area contributed by atoms with E-state index in [4.69, 9.17) is 5.73 Å². The highest BCUT2D eigenvalue weighted by molar-refractivity contribution is 5.24. The maximum absolute atomic E-state index is 5.01. The second-order valence-corrected chi connectivity index (χ2v) is 1.61. The van der Waals surface area contributed by atoms with Crippen molar-refractivity contribution in [1.29, 1.82) is 0 Å². The third-order valence-electron chi connectivity index (χ3n) is 0.462. The zero-order chi connectivity index (χ0) is 9.70. The summed E-state index contributed by atoms with van der Waals surface area (Å²) in [4.78, 5) is 3.25. The third-order valence-corrected chi connectivity index (χ3v) is 0.462. The highest BCUT2D eigenvalue weighted by Crippen LogP contribution is 1.78. The quantitative estimate of drug-likeness (QED) is 0.582. The van der Waals surface area contributed by atoms with E-state index >= 15 is 0 Å². The van der Waals surface area contributed by atoms with Crippen LogP contribution in [0.3, 0.4) is 0 Å². The molecule has 2 N–H and O–H groups in total. The van der Waals surface area contributed by atoms with Gasteiger partial charge in [-0.05, 0) is 26.8 Å². The fourth-order valence-electron chi connectivity index (χ4n) is 0. The number of hydrogen-bond donors (Lipinski definition) is 1. The van der Waals surface area contributed by atoms with Crippen molar-refractivity contribution >= 4 is 6.72 Å². The van der Waals surface area contributed by atoms with Crippen molar-refractivity contribution in [2.75, 3.05) is 0 Å². The van der Waals surface area contributed by atoms with Crippen LogP contribution in [-0.4, -0.2) is 6.72 Å². The van der Waals surface area contributed by atoms with E-state index < -0.39 is 0 Å². The van der Waals surface area contributed by atoms with Gasteiger partial charge in [0.1, 0.15) is 0 Å². The zero-order valence-electron chi connectivity index (χ0n) is 8.09. The van der Waals surface area contributed by atoms with E-state index in [0.29, 0.717) is 0 Å². The smallest absolute Gasteiger partial charge is 0.0188 e. The first-order valence-corrected chi connectivity index (χ1v) is 3.60. The van der Waals surface area contributed by atoms with E-state index in [1.807, 2.05) is 27.7 Å². The Bertz CT molecular complexity index is 94.1. The van der Waals surface area contributed by atoms with Crippen molar-refractivity contribution in [3.05, 3.63) is 24.6 Å². The molecule has 0 atom stereocenters. The fourth-order valence-corrected chi connectivity index (χ4v) is 0. The Labute approximate surface area is 70.5 Å². The van der Waals surface area contributed by atoms with Gasteiger partial charge in [0.05, 0.1) is 0 Å². The highest BCUT2D eigenvalue weighted by Gasteiger charge is 1.61. The van der Waals surface area contributed by atoms with Crippen molar-refractivity contribution < 1.29 is 0 Å². The van der Waals surface area contributed by atoms with Gasteiger partial charge in [0, 0.05) is 6.20 Å². The molecule has 0 aliphatic rings. The molecule has 0 amide bonds. The molecule has 0 aromatic carbocycles. The molecule has 0 heterocycles. The Balaban J connectivity index is -0.0000000965. The number of nitrogens with zero attached hydrogens (tertiary/aromatic N) is 1. The Morgan fingerprint density at radius 2 is 1.55 bits per heavy atom. The molecule has 2 heteroatoms. The Kier molecular flexibility index (Phi) is 34.6. The van der Waals surface area contributed by atoms with Crippen LogP contribution in [0.1, 0.15) is 27.7 Å². The summed E-state index contributed by atoms with van der Waals surface area (Å²) in [5.41, 5.74) is 6.17. The summed E-state index contributed by atoms with van der Waals surface area (Å²) in [6, 6.07) is 0. The van der Waals surface area contributed by atoms with Crippen LogP contribution in [0.25, 0.3) is 0 Å². The molecule has 0 rings (SSSR count). The van der Waals surface area contributed by atoms with E-state index in [-0.39, 0.29) is 0 Å². The largest absolute Gasteiger partial charge is 0.405 e. The van der Waals surface area contributed by atoms with Crippen LogP contribution in [0.2, 0.25) is 0 Å². The topological polar surface area (TPSA) is 38.4 Å². The third kappa shape index (κ3) is 114. The minimum Gasteiger partial charge on any atom is -0.405 e. The first kappa shape index (κ1) is 16.5. The van der Waals surface area contributed by atoms with Crippen LogP contribution in [0.4, 0.5) is 0 Å². The van der Waals surface area contributed by atoms with Gasteiger partial charge in [0.2, 0.25) is 0 Å². The van der Waals surface area contributed by atoms with Crippen LogP contribution < -0.4 is 5.73 Å². The lowest BCUT2D eigenvalue weighted by Gasteiger charge is -1.74. The van der Waals surface area contributed by atoms with Crippen molar-refractivity contribution in [2.24, 2.45) is 10.7 Å². The van der Waals surface area contributed by atoms with Gasteiger partial charge in [0.25, 0.3) is 0 Å². The van der Waals surface area contributed by atoms with Gasteiger partial charge in [-0.3, -0.25) is 4.99 Å². The highest BCUT2D eigenvalue weighted by atomic mass is 14.6. The molecule has 11 heavy (non-hydrogen) atoms. The second-order valence-electron chi connectivity index (χ2n) is 1.61. The summed E-state index contributed by atoms with van der Waals surface area (Å²) in [6.07, 6.45) is 2.97. The van der Waals surface area contributed by atoms with E-state index in [0.717, 1.165) is 5.57 Å². The number of allylic oxidation sites excluding steroid dienone is 1. The molecule has 0 aliphatic carbocycles. The molecule has 0 bridgehead atoms. The van der Waals surface area contributed by atoms with Crippen molar-refractivity contribution in [1.82, 2.24) is 0 Å². The summed E-state index contributed by atoms with van der Waals surface area (Å²) in [5, 5.41) is 0. The molecular weight excluding hydrogens is 136 g/mol. The maximum Gasteiger partial charge on any atom is 0.0188 e. The van der Waals surface area contributed by atoms with Crippen molar-refractivity contribution in [3.8, 4) is 0 Å². The van der Waals surface area contributed by atoms with Crippen LogP contribution in [0, 0.1) is 0 Å². The molecule has 0 aliphatic heterocycles. The second kappa shape index (κ2) is 23.1. The predicted octanol–water partition coefficient (Wildman–Crippen LogP) is 2.73. The van der Waals surface area contributed by atoms with Gasteiger partial charge in [-0.25, -0.2) is 0 Å². The lowest BCUT2D eigenvalue weighted by molar-refractivity contribution is 1.34. The van der Waals surface area contributed by atoms with Crippen LogP contribution in [0.15, 0.2) is 29.5 Å². The maximum atomic E-state index is 5.01. The minimum atomic E-state index is 1.16. The molecule has 0 aromatic heterocycles. The molecule has 0 radical (unpaired) electrons. The number of rotatable bonds is 1. The summed E-state index contributed by atoms with van der Waals surface area (Å²) in [6.45, 7) is 14.3. The molecular formula is C9H20N2. The molecule has 0 fully saturated rings. The summed E-state index contributed by atoms with van der Waals surface area (Å²) >= 11 is 0. The van der Waals surface area contributed by atoms with Crippen LogP contribution >= 0.6 is 0 Å². The number of aliphatic imine (C=N–C) groups is 1. The average Bonchev–Trinajstić information content (AvgIpc) is 2.08. The van der Waals surface area contributed by atoms with Gasteiger partial charge in [0.15, 0.2) is 0 Å². The zero-order valence-corrected chi connectivity index (χ0v) is 8.09. The molecule has 0 saturated heterocycles. The lowest BCUT2D eigenvalue weighted by atomic mass is 10.4. The number of hydrogen-bond acceptors (Lipinski definition) is 2. The van der Waals surface area contributed by atoms with E-state index in [1.54, 1.807) is 6.20 Å². The monoisotopic (exact) mass is 156 g/mol. The lowest BCUT2D eigenvalue weighted by Crippen LogP contribution is -1.76. The van der Waals surface area contributed by atoms with Gasteiger partial charge in [-0.2, -0.15) is 0 Å². The molecule has 66 valence electrons. The first-order valence-electron chi connectivity index (χ1n) is 3.60. The fraction of sp³-hybridized carbons (Fsp3) is 0.444.